The summed E-state index contributed by atoms with van der Waals surface area (Å²) in [5.41, 5.74) is 5.30. The maximum atomic E-state index is 11.8. The number of nitrogens with two attached hydrogens (primary N) is 1. The Bertz CT molecular complexity index is 296. The summed E-state index contributed by atoms with van der Waals surface area (Å²) in [7, 11) is 0. The highest BCUT2D eigenvalue weighted by atomic mass is 16.2. The predicted molar refractivity (Wildman–Crippen MR) is 71.7 cm³/mol. The lowest BCUT2D eigenvalue weighted by molar-refractivity contribution is -0.128. The summed E-state index contributed by atoms with van der Waals surface area (Å²) < 4.78 is 0. The van der Waals surface area contributed by atoms with Gasteiger partial charge in [-0.15, -0.1) is 6.58 Å². The number of hydrogen-bond donors (Lipinski definition) is 2. The van der Waals surface area contributed by atoms with Crippen LogP contribution in [0.3, 0.4) is 0 Å². The van der Waals surface area contributed by atoms with Crippen molar-refractivity contribution in [3.63, 3.8) is 0 Å². The summed E-state index contributed by atoms with van der Waals surface area (Å²) in [5, 5.41) is 2.75. The Morgan fingerprint density at radius 1 is 1.39 bits per heavy atom. The van der Waals surface area contributed by atoms with Crippen molar-refractivity contribution in [3.8, 4) is 0 Å². The lowest BCUT2D eigenvalue weighted by atomic mass is 10.0. The molecule has 1 atom stereocenters. The predicted octanol–water partition coefficient (Wildman–Crippen LogP) is 1.89. The third kappa shape index (κ3) is 5.34. The van der Waals surface area contributed by atoms with Crippen molar-refractivity contribution in [2.45, 2.75) is 57.4 Å². The standard InChI is InChI=1S/C14H24N2O2/c1-2-3-4-9-12(14(15)18)16-13(17)10-11-7-5-6-8-11/h2,11-12H,1,3-10H2,(H2,15,18)(H,16,17)/t12-/m0/s1. The summed E-state index contributed by atoms with van der Waals surface area (Å²) in [6.07, 6.45) is 9.29. The number of nitrogens with one attached hydrogen (secondary N) is 1. The van der Waals surface area contributed by atoms with Crippen LogP contribution < -0.4 is 11.1 Å². The number of primary amides is 1. The average Bonchev–Trinajstić information content (AvgIpc) is 2.80. The van der Waals surface area contributed by atoms with Crippen molar-refractivity contribution >= 4 is 11.8 Å². The quantitative estimate of drug-likeness (QED) is 0.511. The highest BCUT2D eigenvalue weighted by Crippen LogP contribution is 2.27. The number of unbranched alkanes of at least 4 members (excludes halogenated alkanes) is 1. The zero-order chi connectivity index (χ0) is 13.4. The van der Waals surface area contributed by atoms with Crippen molar-refractivity contribution in [1.29, 1.82) is 0 Å². The molecule has 1 saturated carbocycles. The van der Waals surface area contributed by atoms with Gasteiger partial charge in [-0.1, -0.05) is 18.9 Å². The van der Waals surface area contributed by atoms with E-state index in [9.17, 15) is 9.59 Å². The molecule has 1 rings (SSSR count). The maximum Gasteiger partial charge on any atom is 0.239 e. The van der Waals surface area contributed by atoms with Crippen LogP contribution in [0.1, 0.15) is 51.4 Å². The van der Waals surface area contributed by atoms with E-state index < -0.39 is 11.9 Å². The number of hydrogen-bond acceptors (Lipinski definition) is 2. The minimum absolute atomic E-state index is 0.0377. The first-order valence-corrected chi connectivity index (χ1v) is 6.83. The van der Waals surface area contributed by atoms with Crippen molar-refractivity contribution in [1.82, 2.24) is 5.32 Å². The molecule has 2 amide bonds. The maximum absolute atomic E-state index is 11.8. The summed E-state index contributed by atoms with van der Waals surface area (Å²) in [6.45, 7) is 3.63. The smallest absolute Gasteiger partial charge is 0.239 e. The van der Waals surface area contributed by atoms with Gasteiger partial charge in [-0.05, 0) is 38.0 Å². The molecular weight excluding hydrogens is 228 g/mol. The normalized spacial score (nSPS) is 17.3. The molecule has 0 aromatic rings. The average molecular weight is 252 g/mol. The number of rotatable bonds is 8. The van der Waals surface area contributed by atoms with Gasteiger partial charge in [0.05, 0.1) is 0 Å². The van der Waals surface area contributed by atoms with Gasteiger partial charge < -0.3 is 11.1 Å². The van der Waals surface area contributed by atoms with Gasteiger partial charge in [-0.2, -0.15) is 0 Å². The summed E-state index contributed by atoms with van der Waals surface area (Å²) >= 11 is 0. The minimum atomic E-state index is -0.529. The van der Waals surface area contributed by atoms with E-state index in [1.807, 2.05) is 0 Å². The van der Waals surface area contributed by atoms with Gasteiger partial charge in [0.1, 0.15) is 6.04 Å². The van der Waals surface area contributed by atoms with Gasteiger partial charge in [0.2, 0.25) is 11.8 Å². The van der Waals surface area contributed by atoms with Crippen LogP contribution in [0.5, 0.6) is 0 Å². The molecular formula is C14H24N2O2. The van der Waals surface area contributed by atoms with E-state index >= 15 is 0 Å². The van der Waals surface area contributed by atoms with Crippen LogP contribution in [0.15, 0.2) is 12.7 Å². The van der Waals surface area contributed by atoms with Crippen LogP contribution in [0.4, 0.5) is 0 Å². The molecule has 0 spiro atoms. The highest BCUT2D eigenvalue weighted by Gasteiger charge is 2.22. The summed E-state index contributed by atoms with van der Waals surface area (Å²) in [6, 6.07) is -0.529. The van der Waals surface area contributed by atoms with Gasteiger partial charge in [-0.3, -0.25) is 9.59 Å². The van der Waals surface area contributed by atoms with Gasteiger partial charge >= 0.3 is 0 Å². The Hall–Kier alpha value is -1.32. The first-order valence-electron chi connectivity index (χ1n) is 6.83. The van der Waals surface area contributed by atoms with Crippen molar-refractivity contribution in [2.24, 2.45) is 11.7 Å². The number of amides is 2. The minimum Gasteiger partial charge on any atom is -0.368 e. The van der Waals surface area contributed by atoms with Crippen molar-refractivity contribution in [3.05, 3.63) is 12.7 Å². The lowest BCUT2D eigenvalue weighted by Gasteiger charge is -2.16. The fraction of sp³-hybridized carbons (Fsp3) is 0.714. The van der Waals surface area contributed by atoms with Crippen LogP contribution in [0.25, 0.3) is 0 Å². The molecule has 1 fully saturated rings. The number of carbonyl (C=O) groups is 2. The van der Waals surface area contributed by atoms with E-state index in [1.54, 1.807) is 6.08 Å². The molecule has 18 heavy (non-hydrogen) atoms. The second-order valence-corrected chi connectivity index (χ2v) is 5.10. The van der Waals surface area contributed by atoms with E-state index in [-0.39, 0.29) is 5.91 Å². The van der Waals surface area contributed by atoms with Gasteiger partial charge in [-0.25, -0.2) is 0 Å². The van der Waals surface area contributed by atoms with E-state index in [0.29, 0.717) is 18.8 Å². The number of allylic oxidation sites excluding steroid dienone is 1. The zero-order valence-electron chi connectivity index (χ0n) is 11.0. The fourth-order valence-electron chi connectivity index (χ4n) is 2.48. The molecule has 1 aliphatic rings. The summed E-state index contributed by atoms with van der Waals surface area (Å²) in [5.74, 6) is 0.00911. The Morgan fingerprint density at radius 3 is 2.61 bits per heavy atom. The molecule has 4 nitrogen and oxygen atoms in total. The molecule has 102 valence electrons. The molecule has 0 radical (unpaired) electrons. The Kier molecular flexibility index (Phi) is 6.47. The van der Waals surface area contributed by atoms with Crippen molar-refractivity contribution < 1.29 is 9.59 Å². The lowest BCUT2D eigenvalue weighted by Crippen LogP contribution is -2.44. The monoisotopic (exact) mass is 252 g/mol. The van der Waals surface area contributed by atoms with E-state index in [0.717, 1.165) is 25.7 Å². The van der Waals surface area contributed by atoms with E-state index in [1.165, 1.54) is 12.8 Å². The SMILES string of the molecule is C=CCCC[C@H](NC(=O)CC1CCCC1)C(N)=O. The highest BCUT2D eigenvalue weighted by molar-refractivity contribution is 5.86. The van der Waals surface area contributed by atoms with E-state index in [2.05, 4.69) is 11.9 Å². The largest absolute Gasteiger partial charge is 0.368 e. The molecule has 3 N–H and O–H groups in total. The molecule has 1 aliphatic carbocycles. The molecule has 0 aliphatic heterocycles. The molecule has 0 bridgehead atoms. The third-order valence-corrected chi connectivity index (χ3v) is 3.53. The Morgan fingerprint density at radius 2 is 2.06 bits per heavy atom. The fourth-order valence-corrected chi connectivity index (χ4v) is 2.48. The molecule has 0 unspecified atom stereocenters. The second-order valence-electron chi connectivity index (χ2n) is 5.10. The van der Waals surface area contributed by atoms with Crippen LogP contribution in [0.2, 0.25) is 0 Å². The zero-order valence-corrected chi connectivity index (χ0v) is 11.0. The second kappa shape index (κ2) is 7.90. The Labute approximate surface area is 109 Å². The Balaban J connectivity index is 2.31. The molecule has 0 saturated heterocycles. The van der Waals surface area contributed by atoms with Crippen LogP contribution in [-0.4, -0.2) is 17.9 Å². The van der Waals surface area contributed by atoms with Gasteiger partial charge in [0.25, 0.3) is 0 Å². The first-order chi connectivity index (χ1) is 8.63. The molecule has 4 heteroatoms. The summed E-state index contributed by atoms with van der Waals surface area (Å²) in [4.78, 5) is 23.1. The van der Waals surface area contributed by atoms with Crippen LogP contribution in [0, 0.1) is 5.92 Å². The van der Waals surface area contributed by atoms with Crippen LogP contribution in [-0.2, 0) is 9.59 Å². The first kappa shape index (κ1) is 14.7. The van der Waals surface area contributed by atoms with Gasteiger partial charge in [0.15, 0.2) is 0 Å². The van der Waals surface area contributed by atoms with E-state index in [4.69, 9.17) is 5.73 Å². The van der Waals surface area contributed by atoms with Gasteiger partial charge in [0, 0.05) is 6.42 Å². The molecule has 0 heterocycles. The van der Waals surface area contributed by atoms with Crippen LogP contribution >= 0.6 is 0 Å². The molecule has 0 aromatic carbocycles. The van der Waals surface area contributed by atoms with Crippen molar-refractivity contribution in [2.75, 3.05) is 0 Å². The molecule has 0 aromatic heterocycles. The third-order valence-electron chi connectivity index (χ3n) is 3.53. The topological polar surface area (TPSA) is 72.2 Å². The number of carbonyl (C=O) groups excluding carboxylic acids is 2.